The van der Waals surface area contributed by atoms with Gasteiger partial charge in [-0.3, -0.25) is 0 Å². The molecule has 0 aliphatic carbocycles. The van der Waals surface area contributed by atoms with E-state index in [-0.39, 0.29) is 0 Å². The highest BCUT2D eigenvalue weighted by molar-refractivity contribution is 6.17. The van der Waals surface area contributed by atoms with Gasteiger partial charge >= 0.3 is 0 Å². The molecule has 0 saturated carbocycles. The van der Waals surface area contributed by atoms with E-state index < -0.39 is 0 Å². The lowest BCUT2D eigenvalue weighted by Crippen LogP contribution is -2.37. The first kappa shape index (κ1) is 13.2. The molecule has 0 bridgehead atoms. The Hall–Kier alpha value is 0.170. The van der Waals surface area contributed by atoms with Crippen molar-refractivity contribution in [1.82, 2.24) is 9.80 Å². The van der Waals surface area contributed by atoms with Crippen molar-refractivity contribution in [2.45, 2.75) is 18.9 Å². The highest BCUT2D eigenvalue weighted by atomic mass is 35.5. The Kier molecular flexibility index (Phi) is 6.57. The third-order valence-corrected chi connectivity index (χ3v) is 3.19. The summed E-state index contributed by atoms with van der Waals surface area (Å²) in [4.78, 5) is 4.80. The lowest BCUT2D eigenvalue weighted by Gasteiger charge is -2.25. The van der Waals surface area contributed by atoms with Crippen LogP contribution in [0.25, 0.3) is 0 Å². The molecule has 0 aromatic carbocycles. The quantitative estimate of drug-likeness (QED) is 0.488. The Morgan fingerprint density at radius 3 is 2.87 bits per heavy atom. The van der Waals surface area contributed by atoms with Crippen LogP contribution in [0.2, 0.25) is 0 Å². The van der Waals surface area contributed by atoms with Crippen LogP contribution in [-0.2, 0) is 4.74 Å². The summed E-state index contributed by atoms with van der Waals surface area (Å²) in [6, 6.07) is 0.739. The Morgan fingerprint density at radius 2 is 2.27 bits per heavy atom. The highest BCUT2D eigenvalue weighted by Gasteiger charge is 2.21. The largest absolute Gasteiger partial charge is 0.379 e. The van der Waals surface area contributed by atoms with Gasteiger partial charge in [0.05, 0.1) is 13.2 Å². The second-order valence-electron chi connectivity index (χ2n) is 4.34. The summed E-state index contributed by atoms with van der Waals surface area (Å²) < 4.78 is 5.36. The van der Waals surface area contributed by atoms with E-state index in [0.717, 1.165) is 25.7 Å². The van der Waals surface area contributed by atoms with Crippen LogP contribution in [0, 0.1) is 0 Å². The van der Waals surface area contributed by atoms with Gasteiger partial charge in [-0.25, -0.2) is 0 Å². The van der Waals surface area contributed by atoms with Gasteiger partial charge in [-0.2, -0.15) is 0 Å². The molecule has 4 heteroatoms. The predicted octanol–water partition coefficient (Wildman–Crippen LogP) is 1.27. The molecule has 1 heterocycles. The number of nitrogens with zero attached hydrogens (tertiary/aromatic N) is 2. The van der Waals surface area contributed by atoms with Crippen LogP contribution in [0.5, 0.6) is 0 Å². The minimum Gasteiger partial charge on any atom is -0.379 e. The summed E-state index contributed by atoms with van der Waals surface area (Å²) in [6.45, 7) is 4.86. The van der Waals surface area contributed by atoms with Gasteiger partial charge in [0.2, 0.25) is 0 Å². The van der Waals surface area contributed by atoms with Crippen LogP contribution in [0.1, 0.15) is 12.8 Å². The number of halogens is 1. The SMILES string of the molecule is CN(CCOCCCl)CC1CCCN1C. The van der Waals surface area contributed by atoms with Crippen LogP contribution in [0.3, 0.4) is 0 Å². The first-order chi connectivity index (χ1) is 7.24. The van der Waals surface area contributed by atoms with Crippen LogP contribution in [0.4, 0.5) is 0 Å². The number of hydrogen-bond acceptors (Lipinski definition) is 3. The molecule has 0 N–H and O–H groups in total. The summed E-state index contributed by atoms with van der Waals surface area (Å²) in [5.74, 6) is 0.592. The van der Waals surface area contributed by atoms with Crippen LogP contribution < -0.4 is 0 Å². The molecular weight excluding hydrogens is 212 g/mol. The molecule has 90 valence electrons. The Balaban J connectivity index is 2.04. The zero-order valence-corrected chi connectivity index (χ0v) is 10.7. The fourth-order valence-electron chi connectivity index (χ4n) is 2.04. The van der Waals surface area contributed by atoms with Crippen molar-refractivity contribution < 1.29 is 4.74 Å². The number of likely N-dealkylation sites (tertiary alicyclic amines) is 1. The number of likely N-dealkylation sites (N-methyl/N-ethyl adjacent to an activating group) is 2. The molecule has 15 heavy (non-hydrogen) atoms. The minimum absolute atomic E-state index is 0.592. The fourth-order valence-corrected chi connectivity index (χ4v) is 2.15. The lowest BCUT2D eigenvalue weighted by atomic mass is 10.2. The van der Waals surface area contributed by atoms with Gasteiger partial charge in [-0.1, -0.05) is 0 Å². The molecule has 1 atom stereocenters. The Labute approximate surface area is 98.3 Å². The summed E-state index contributed by atoms with van der Waals surface area (Å²) in [6.07, 6.45) is 2.68. The van der Waals surface area contributed by atoms with Crippen molar-refractivity contribution in [2.24, 2.45) is 0 Å². The van der Waals surface area contributed by atoms with E-state index in [1.54, 1.807) is 0 Å². The molecule has 0 aromatic heterocycles. The van der Waals surface area contributed by atoms with Crippen molar-refractivity contribution in [2.75, 3.05) is 52.8 Å². The number of ether oxygens (including phenoxy) is 1. The van der Waals surface area contributed by atoms with Gasteiger partial charge in [0.15, 0.2) is 0 Å². The van der Waals surface area contributed by atoms with Crippen molar-refractivity contribution >= 4 is 11.6 Å². The summed E-state index contributed by atoms with van der Waals surface area (Å²) in [5, 5.41) is 0. The smallest absolute Gasteiger partial charge is 0.0602 e. The zero-order chi connectivity index (χ0) is 11.1. The maximum absolute atomic E-state index is 5.53. The molecule has 0 radical (unpaired) electrons. The van der Waals surface area contributed by atoms with E-state index in [1.165, 1.54) is 19.4 Å². The van der Waals surface area contributed by atoms with E-state index in [2.05, 4.69) is 23.9 Å². The maximum Gasteiger partial charge on any atom is 0.0602 e. The Morgan fingerprint density at radius 1 is 1.47 bits per heavy atom. The summed E-state index contributed by atoms with van der Waals surface area (Å²) >= 11 is 5.53. The second kappa shape index (κ2) is 7.44. The second-order valence-corrected chi connectivity index (χ2v) is 4.72. The van der Waals surface area contributed by atoms with Crippen molar-refractivity contribution in [3.05, 3.63) is 0 Å². The van der Waals surface area contributed by atoms with Crippen molar-refractivity contribution in [1.29, 1.82) is 0 Å². The zero-order valence-electron chi connectivity index (χ0n) is 9.91. The van der Waals surface area contributed by atoms with E-state index in [1.807, 2.05) is 0 Å². The first-order valence-electron chi connectivity index (χ1n) is 5.76. The van der Waals surface area contributed by atoms with Gasteiger partial charge in [-0.05, 0) is 33.5 Å². The standard InChI is InChI=1S/C11H23ClN2O/c1-13(7-9-15-8-5-12)10-11-4-3-6-14(11)2/h11H,3-10H2,1-2H3. The van der Waals surface area contributed by atoms with Crippen LogP contribution in [0.15, 0.2) is 0 Å². The van der Waals surface area contributed by atoms with Gasteiger partial charge in [0.25, 0.3) is 0 Å². The summed E-state index contributed by atoms with van der Waals surface area (Å²) in [5.41, 5.74) is 0. The van der Waals surface area contributed by atoms with Gasteiger partial charge < -0.3 is 14.5 Å². The molecule has 1 unspecified atom stereocenters. The molecule has 1 aliphatic heterocycles. The van der Waals surface area contributed by atoms with Crippen LogP contribution >= 0.6 is 11.6 Å². The molecule has 3 nitrogen and oxygen atoms in total. The highest BCUT2D eigenvalue weighted by Crippen LogP contribution is 2.15. The molecule has 0 spiro atoms. The van der Waals surface area contributed by atoms with E-state index in [0.29, 0.717) is 12.5 Å². The lowest BCUT2D eigenvalue weighted by molar-refractivity contribution is 0.114. The molecule has 1 rings (SSSR count). The third-order valence-electron chi connectivity index (χ3n) is 3.03. The summed E-state index contributed by atoms with van der Waals surface area (Å²) in [7, 11) is 4.38. The number of alkyl halides is 1. The molecular formula is C11H23ClN2O. The van der Waals surface area contributed by atoms with E-state index in [4.69, 9.17) is 16.3 Å². The number of hydrogen-bond donors (Lipinski definition) is 0. The van der Waals surface area contributed by atoms with Crippen LogP contribution in [-0.4, -0.2) is 68.7 Å². The van der Waals surface area contributed by atoms with E-state index in [9.17, 15) is 0 Å². The van der Waals surface area contributed by atoms with Gasteiger partial charge in [0, 0.05) is 25.0 Å². The average molecular weight is 235 g/mol. The minimum atomic E-state index is 0.592. The average Bonchev–Trinajstić information content (AvgIpc) is 2.59. The first-order valence-corrected chi connectivity index (χ1v) is 6.30. The van der Waals surface area contributed by atoms with Crippen molar-refractivity contribution in [3.8, 4) is 0 Å². The molecule has 1 fully saturated rings. The maximum atomic E-state index is 5.53. The van der Waals surface area contributed by atoms with Gasteiger partial charge in [-0.15, -0.1) is 11.6 Å². The Bertz CT molecular complexity index is 169. The molecule has 1 aliphatic rings. The molecule has 0 amide bonds. The predicted molar refractivity (Wildman–Crippen MR) is 64.7 cm³/mol. The fraction of sp³-hybridized carbons (Fsp3) is 1.00. The normalized spacial score (nSPS) is 22.8. The monoisotopic (exact) mass is 234 g/mol. The number of rotatable bonds is 7. The molecule has 0 aromatic rings. The van der Waals surface area contributed by atoms with Gasteiger partial charge in [0.1, 0.15) is 0 Å². The third kappa shape index (κ3) is 5.16. The van der Waals surface area contributed by atoms with Crippen molar-refractivity contribution in [3.63, 3.8) is 0 Å². The van der Waals surface area contributed by atoms with E-state index >= 15 is 0 Å². The topological polar surface area (TPSA) is 15.7 Å². The molecule has 1 saturated heterocycles.